The van der Waals surface area contributed by atoms with Crippen LogP contribution < -0.4 is 0 Å². The largest absolute Gasteiger partial charge is 0.462 e. The molecular formula is C65H116O6. The maximum Gasteiger partial charge on any atom is 0.306 e. The van der Waals surface area contributed by atoms with Crippen molar-refractivity contribution < 1.29 is 28.6 Å². The summed E-state index contributed by atoms with van der Waals surface area (Å²) in [7, 11) is 0. The lowest BCUT2D eigenvalue weighted by molar-refractivity contribution is -0.167. The Hall–Kier alpha value is -2.89. The number of unbranched alkanes of at least 4 members (excludes halogenated alkanes) is 35. The normalized spacial score (nSPS) is 12.4. The highest BCUT2D eigenvalue weighted by atomic mass is 16.6. The summed E-state index contributed by atoms with van der Waals surface area (Å²) in [6.45, 7) is 6.55. The molecular weight excluding hydrogens is 877 g/mol. The molecule has 0 saturated heterocycles. The second-order valence-corrected chi connectivity index (χ2v) is 20.6. The summed E-state index contributed by atoms with van der Waals surface area (Å²) in [5.74, 6) is -0.877. The molecule has 6 heteroatoms. The topological polar surface area (TPSA) is 78.9 Å². The van der Waals surface area contributed by atoms with Gasteiger partial charge in [-0.25, -0.2) is 0 Å². The van der Waals surface area contributed by atoms with Crippen LogP contribution in [0.1, 0.15) is 316 Å². The van der Waals surface area contributed by atoms with E-state index in [9.17, 15) is 14.4 Å². The third-order valence-electron chi connectivity index (χ3n) is 13.5. The van der Waals surface area contributed by atoms with Crippen molar-refractivity contribution in [2.45, 2.75) is 322 Å². The molecule has 6 nitrogen and oxygen atoms in total. The van der Waals surface area contributed by atoms with Gasteiger partial charge in [0.1, 0.15) is 13.2 Å². The van der Waals surface area contributed by atoms with E-state index < -0.39 is 6.10 Å². The Balaban J connectivity index is 4.35. The number of esters is 3. The number of carbonyl (C=O) groups is 3. The smallest absolute Gasteiger partial charge is 0.306 e. The highest BCUT2D eigenvalue weighted by molar-refractivity contribution is 5.71. The lowest BCUT2D eigenvalue weighted by atomic mass is 10.0. The Morgan fingerprint density at radius 3 is 0.859 bits per heavy atom. The van der Waals surface area contributed by atoms with Crippen LogP contribution in [0.4, 0.5) is 0 Å². The number of hydrogen-bond donors (Lipinski definition) is 0. The SMILES string of the molecule is CC/C=C\C/C=C\C/C=C\C/C=C\C/C=C\CCCCCCCC(=O)OCC(COC(=O)CCCCCCCCCCCCCCC)OC(=O)CCCCCCCCCCCCCCCCCCCCC. The first-order chi connectivity index (χ1) is 35.0. The Morgan fingerprint density at radius 2 is 0.549 bits per heavy atom. The zero-order chi connectivity index (χ0) is 51.4. The first kappa shape index (κ1) is 68.1. The zero-order valence-electron chi connectivity index (χ0n) is 47.2. The molecule has 0 heterocycles. The summed E-state index contributed by atoms with van der Waals surface area (Å²) < 4.78 is 16.9. The van der Waals surface area contributed by atoms with E-state index in [4.69, 9.17) is 14.2 Å². The highest BCUT2D eigenvalue weighted by Crippen LogP contribution is 2.17. The second kappa shape index (κ2) is 59.7. The number of hydrogen-bond acceptors (Lipinski definition) is 6. The molecule has 0 bridgehead atoms. The maximum atomic E-state index is 12.9. The predicted octanol–water partition coefficient (Wildman–Crippen LogP) is 20.8. The summed E-state index contributed by atoms with van der Waals surface area (Å²) in [5.41, 5.74) is 0. The molecule has 0 aromatic heterocycles. The van der Waals surface area contributed by atoms with Crippen LogP contribution in [0.2, 0.25) is 0 Å². The number of allylic oxidation sites excluding steroid dienone is 10. The van der Waals surface area contributed by atoms with Crippen LogP contribution >= 0.6 is 0 Å². The minimum absolute atomic E-state index is 0.0760. The van der Waals surface area contributed by atoms with Crippen LogP contribution in [0.15, 0.2) is 60.8 Å². The van der Waals surface area contributed by atoms with Crippen molar-refractivity contribution in [3.8, 4) is 0 Å². The molecule has 0 aliphatic carbocycles. The van der Waals surface area contributed by atoms with Crippen molar-refractivity contribution in [2.75, 3.05) is 13.2 Å². The Labute approximate surface area is 440 Å². The summed E-state index contributed by atoms with van der Waals surface area (Å²) >= 11 is 0. The fraction of sp³-hybridized carbons (Fsp3) is 0.800. The van der Waals surface area contributed by atoms with Crippen LogP contribution in [-0.4, -0.2) is 37.2 Å². The lowest BCUT2D eigenvalue weighted by Crippen LogP contribution is -2.30. The van der Waals surface area contributed by atoms with E-state index in [1.54, 1.807) is 0 Å². The van der Waals surface area contributed by atoms with Gasteiger partial charge in [-0.3, -0.25) is 14.4 Å². The van der Waals surface area contributed by atoms with Gasteiger partial charge < -0.3 is 14.2 Å². The van der Waals surface area contributed by atoms with E-state index in [1.165, 1.54) is 167 Å². The quantitative estimate of drug-likeness (QED) is 0.0261. The standard InChI is InChI=1S/C65H116O6/c1-4-7-10-13-16-19-22-25-27-29-31-32-34-35-37-40-43-46-49-52-55-58-64(67)70-61-62(60-69-63(66)57-54-51-48-45-42-39-24-21-18-15-12-9-6-3)71-65(68)59-56-53-50-47-44-41-38-36-33-30-28-26-23-20-17-14-11-8-5-2/h7,10,16,19,25,27,31-32,35,37,62H,4-6,8-9,11-15,17-18,20-24,26,28-30,33-34,36,38-61H2,1-3H3/b10-7-,19-16-,27-25-,32-31-,37-35-. The van der Waals surface area contributed by atoms with Crippen molar-refractivity contribution in [3.63, 3.8) is 0 Å². The molecule has 0 aromatic rings. The molecule has 0 aromatic carbocycles. The molecule has 0 aliphatic rings. The molecule has 0 radical (unpaired) electrons. The summed E-state index contributed by atoms with van der Waals surface area (Å²) in [6.07, 6.45) is 75.0. The average Bonchev–Trinajstić information content (AvgIpc) is 3.37. The van der Waals surface area contributed by atoms with Crippen molar-refractivity contribution in [1.82, 2.24) is 0 Å². The Morgan fingerprint density at radius 1 is 0.296 bits per heavy atom. The summed E-state index contributed by atoms with van der Waals surface area (Å²) in [6, 6.07) is 0. The van der Waals surface area contributed by atoms with Crippen LogP contribution in [0.5, 0.6) is 0 Å². The van der Waals surface area contributed by atoms with Gasteiger partial charge in [-0.1, -0.05) is 293 Å². The first-order valence-electron chi connectivity index (χ1n) is 30.8. The van der Waals surface area contributed by atoms with Gasteiger partial charge in [-0.2, -0.15) is 0 Å². The molecule has 0 spiro atoms. The Kier molecular flexibility index (Phi) is 57.2. The number of carbonyl (C=O) groups excluding carboxylic acids is 3. The average molecular weight is 994 g/mol. The van der Waals surface area contributed by atoms with Gasteiger partial charge in [0.25, 0.3) is 0 Å². The molecule has 412 valence electrons. The van der Waals surface area contributed by atoms with E-state index in [0.717, 1.165) is 109 Å². The molecule has 1 unspecified atom stereocenters. The third-order valence-corrected chi connectivity index (χ3v) is 13.5. The molecule has 1 atom stereocenters. The highest BCUT2D eigenvalue weighted by Gasteiger charge is 2.19. The zero-order valence-corrected chi connectivity index (χ0v) is 47.2. The molecule has 0 N–H and O–H groups in total. The minimum Gasteiger partial charge on any atom is -0.462 e. The second-order valence-electron chi connectivity index (χ2n) is 20.6. The van der Waals surface area contributed by atoms with Gasteiger partial charge in [0.15, 0.2) is 6.10 Å². The molecule has 0 aliphatic heterocycles. The number of rotatable bonds is 56. The fourth-order valence-corrected chi connectivity index (χ4v) is 8.94. The predicted molar refractivity (Wildman–Crippen MR) is 307 cm³/mol. The van der Waals surface area contributed by atoms with Crippen LogP contribution in [0.25, 0.3) is 0 Å². The van der Waals surface area contributed by atoms with Crippen LogP contribution in [-0.2, 0) is 28.6 Å². The minimum atomic E-state index is -0.779. The monoisotopic (exact) mass is 993 g/mol. The van der Waals surface area contributed by atoms with Gasteiger partial charge in [-0.05, 0) is 64.2 Å². The van der Waals surface area contributed by atoms with Crippen LogP contribution in [0, 0.1) is 0 Å². The van der Waals surface area contributed by atoms with E-state index >= 15 is 0 Å². The lowest BCUT2D eigenvalue weighted by Gasteiger charge is -2.18. The van der Waals surface area contributed by atoms with Crippen molar-refractivity contribution >= 4 is 17.9 Å². The van der Waals surface area contributed by atoms with Crippen molar-refractivity contribution in [2.24, 2.45) is 0 Å². The van der Waals surface area contributed by atoms with Crippen LogP contribution in [0.3, 0.4) is 0 Å². The number of ether oxygens (including phenoxy) is 3. The summed E-state index contributed by atoms with van der Waals surface area (Å²) in [4.78, 5) is 38.2. The third kappa shape index (κ3) is 57.9. The maximum absolute atomic E-state index is 12.9. The molecule has 0 saturated carbocycles. The van der Waals surface area contributed by atoms with Gasteiger partial charge in [0, 0.05) is 19.3 Å². The molecule has 0 fully saturated rings. The fourth-order valence-electron chi connectivity index (χ4n) is 8.94. The molecule has 0 rings (SSSR count). The van der Waals surface area contributed by atoms with Crippen molar-refractivity contribution in [3.05, 3.63) is 60.8 Å². The van der Waals surface area contributed by atoms with E-state index in [2.05, 4.69) is 81.5 Å². The summed E-state index contributed by atoms with van der Waals surface area (Å²) in [5, 5.41) is 0. The van der Waals surface area contributed by atoms with Gasteiger partial charge >= 0.3 is 17.9 Å². The van der Waals surface area contributed by atoms with Crippen molar-refractivity contribution in [1.29, 1.82) is 0 Å². The Bertz CT molecular complexity index is 1280. The molecule has 0 amide bonds. The van der Waals surface area contributed by atoms with Gasteiger partial charge in [-0.15, -0.1) is 0 Å². The van der Waals surface area contributed by atoms with E-state index in [0.29, 0.717) is 19.3 Å². The van der Waals surface area contributed by atoms with E-state index in [-0.39, 0.29) is 31.1 Å². The molecule has 71 heavy (non-hydrogen) atoms. The van der Waals surface area contributed by atoms with E-state index in [1.807, 2.05) is 0 Å². The van der Waals surface area contributed by atoms with Gasteiger partial charge in [0.05, 0.1) is 0 Å². The van der Waals surface area contributed by atoms with Gasteiger partial charge in [0.2, 0.25) is 0 Å². The first-order valence-corrected chi connectivity index (χ1v) is 30.8.